The monoisotopic (exact) mass is 253 g/mol. The molecule has 2 N–H and O–H groups in total. The van der Waals surface area contributed by atoms with Crippen molar-refractivity contribution in [1.82, 2.24) is 15.5 Å². The van der Waals surface area contributed by atoms with E-state index in [2.05, 4.69) is 15.5 Å². The zero-order chi connectivity index (χ0) is 12.3. The Labute approximate surface area is 102 Å². The number of halogens is 2. The van der Waals surface area contributed by atoms with Gasteiger partial charge in [0.05, 0.1) is 16.8 Å². The van der Waals surface area contributed by atoms with Crippen molar-refractivity contribution in [3.05, 3.63) is 52.6 Å². The Hall–Kier alpha value is -1.88. The fourth-order valence-electron chi connectivity index (χ4n) is 1.36. The Morgan fingerprint density at radius 3 is 3.00 bits per heavy atom. The lowest BCUT2D eigenvalue weighted by Crippen LogP contribution is -2.24. The van der Waals surface area contributed by atoms with E-state index in [4.69, 9.17) is 11.6 Å². The van der Waals surface area contributed by atoms with Gasteiger partial charge in [0, 0.05) is 18.3 Å². The maximum Gasteiger partial charge on any atom is 0.256 e. The number of H-pyrrole nitrogens is 1. The lowest BCUT2D eigenvalue weighted by molar-refractivity contribution is 0.0947. The van der Waals surface area contributed by atoms with Gasteiger partial charge in [-0.3, -0.25) is 9.89 Å². The maximum atomic E-state index is 13.4. The van der Waals surface area contributed by atoms with Gasteiger partial charge in [0.1, 0.15) is 5.82 Å². The molecule has 88 valence electrons. The van der Waals surface area contributed by atoms with Crippen molar-refractivity contribution in [2.24, 2.45) is 0 Å². The van der Waals surface area contributed by atoms with Crippen LogP contribution in [0.2, 0.25) is 5.02 Å². The number of carbonyl (C=O) groups is 1. The summed E-state index contributed by atoms with van der Waals surface area (Å²) in [7, 11) is 0. The summed E-state index contributed by atoms with van der Waals surface area (Å²) in [5.74, 6) is -1.18. The van der Waals surface area contributed by atoms with Gasteiger partial charge >= 0.3 is 0 Å². The molecule has 0 saturated carbocycles. The molecule has 4 nitrogen and oxygen atoms in total. The van der Waals surface area contributed by atoms with E-state index in [1.807, 2.05) is 0 Å². The van der Waals surface area contributed by atoms with Crippen LogP contribution in [0.5, 0.6) is 0 Å². The van der Waals surface area contributed by atoms with Crippen LogP contribution in [0.1, 0.15) is 15.9 Å². The molecular formula is C11H9ClFN3O. The molecule has 0 saturated heterocycles. The number of nitrogens with zero attached hydrogens (tertiary/aromatic N) is 1. The first-order valence-electron chi connectivity index (χ1n) is 4.88. The van der Waals surface area contributed by atoms with Gasteiger partial charge in [0.15, 0.2) is 0 Å². The highest BCUT2D eigenvalue weighted by atomic mass is 35.5. The second kappa shape index (κ2) is 4.97. The summed E-state index contributed by atoms with van der Waals surface area (Å²) in [5.41, 5.74) is 0.656. The van der Waals surface area contributed by atoms with E-state index in [0.29, 0.717) is 0 Å². The summed E-state index contributed by atoms with van der Waals surface area (Å²) in [6.07, 6.45) is 3.21. The smallest absolute Gasteiger partial charge is 0.256 e. The third-order valence-corrected chi connectivity index (χ3v) is 2.51. The highest BCUT2D eigenvalue weighted by Gasteiger charge is 2.15. The van der Waals surface area contributed by atoms with E-state index >= 15 is 0 Å². The van der Waals surface area contributed by atoms with Crippen LogP contribution in [0.15, 0.2) is 30.6 Å². The predicted octanol–water partition coefficient (Wildman–Crippen LogP) is 2.13. The quantitative estimate of drug-likeness (QED) is 0.880. The second-order valence-electron chi connectivity index (χ2n) is 3.39. The molecule has 0 bridgehead atoms. The zero-order valence-electron chi connectivity index (χ0n) is 8.71. The number of rotatable bonds is 3. The Bertz CT molecular complexity index is 507. The first kappa shape index (κ1) is 11.6. The molecule has 17 heavy (non-hydrogen) atoms. The van der Waals surface area contributed by atoms with Crippen LogP contribution in [0.3, 0.4) is 0 Å². The Balaban J connectivity index is 2.10. The number of carbonyl (C=O) groups excluding carboxylic acids is 1. The Kier molecular flexibility index (Phi) is 3.39. The molecule has 1 aromatic heterocycles. The Morgan fingerprint density at radius 1 is 1.53 bits per heavy atom. The van der Waals surface area contributed by atoms with Gasteiger partial charge in [0.25, 0.3) is 5.91 Å². The van der Waals surface area contributed by atoms with Crippen molar-refractivity contribution in [3.63, 3.8) is 0 Å². The van der Waals surface area contributed by atoms with Gasteiger partial charge in [-0.15, -0.1) is 0 Å². The minimum absolute atomic E-state index is 0.0923. The average Bonchev–Trinajstić information content (AvgIpc) is 2.79. The fourth-order valence-corrected chi connectivity index (χ4v) is 1.61. The van der Waals surface area contributed by atoms with Crippen LogP contribution >= 0.6 is 11.6 Å². The number of hydrogen-bond acceptors (Lipinski definition) is 2. The van der Waals surface area contributed by atoms with Gasteiger partial charge in [-0.2, -0.15) is 5.10 Å². The molecule has 0 spiro atoms. The summed E-state index contributed by atoms with van der Waals surface area (Å²) >= 11 is 5.77. The van der Waals surface area contributed by atoms with Crippen molar-refractivity contribution in [1.29, 1.82) is 0 Å². The Morgan fingerprint density at radius 2 is 2.35 bits per heavy atom. The average molecular weight is 254 g/mol. The summed E-state index contributed by atoms with van der Waals surface area (Å²) in [5, 5.41) is 9.00. The van der Waals surface area contributed by atoms with Crippen LogP contribution in [0.25, 0.3) is 0 Å². The molecule has 2 rings (SSSR count). The molecule has 0 atom stereocenters. The molecule has 0 fully saturated rings. The molecule has 1 heterocycles. The molecule has 1 amide bonds. The van der Waals surface area contributed by atoms with Gasteiger partial charge in [-0.1, -0.05) is 17.7 Å². The van der Waals surface area contributed by atoms with E-state index in [1.54, 1.807) is 12.4 Å². The van der Waals surface area contributed by atoms with Gasteiger partial charge in [0.2, 0.25) is 0 Å². The van der Waals surface area contributed by atoms with Crippen molar-refractivity contribution in [2.75, 3.05) is 0 Å². The standard InChI is InChI=1S/C11H9ClFN3O/c12-8-2-1-3-9(13)10(8)11(17)14-4-7-5-15-16-6-7/h1-3,5-6H,4H2,(H,14,17)(H,15,16). The minimum Gasteiger partial charge on any atom is -0.348 e. The molecule has 0 unspecified atom stereocenters. The van der Waals surface area contributed by atoms with Gasteiger partial charge in [-0.05, 0) is 12.1 Å². The molecule has 0 aliphatic rings. The third-order valence-electron chi connectivity index (χ3n) is 2.20. The van der Waals surface area contributed by atoms with Crippen molar-refractivity contribution >= 4 is 17.5 Å². The fraction of sp³-hybridized carbons (Fsp3) is 0.0909. The summed E-state index contributed by atoms with van der Waals surface area (Å²) in [4.78, 5) is 11.7. The third kappa shape index (κ3) is 2.62. The van der Waals surface area contributed by atoms with E-state index in [0.717, 1.165) is 5.56 Å². The number of benzene rings is 1. The summed E-state index contributed by atoms with van der Waals surface area (Å²) in [6.45, 7) is 0.264. The highest BCUT2D eigenvalue weighted by Crippen LogP contribution is 2.18. The first-order valence-corrected chi connectivity index (χ1v) is 5.26. The summed E-state index contributed by atoms with van der Waals surface area (Å²) < 4.78 is 13.4. The highest BCUT2D eigenvalue weighted by molar-refractivity contribution is 6.33. The minimum atomic E-state index is -0.637. The molecule has 2 aromatic rings. The topological polar surface area (TPSA) is 57.8 Å². The second-order valence-corrected chi connectivity index (χ2v) is 3.79. The van der Waals surface area contributed by atoms with Crippen LogP contribution in [0.4, 0.5) is 4.39 Å². The van der Waals surface area contributed by atoms with Gasteiger partial charge in [-0.25, -0.2) is 4.39 Å². The van der Waals surface area contributed by atoms with Crippen molar-refractivity contribution < 1.29 is 9.18 Å². The van der Waals surface area contributed by atoms with E-state index < -0.39 is 11.7 Å². The predicted molar refractivity (Wildman–Crippen MR) is 61.2 cm³/mol. The molecule has 1 aromatic carbocycles. The first-order chi connectivity index (χ1) is 8.18. The SMILES string of the molecule is O=C(NCc1cn[nH]c1)c1c(F)cccc1Cl. The number of aromatic nitrogens is 2. The number of hydrogen-bond donors (Lipinski definition) is 2. The molecule has 0 aliphatic heterocycles. The number of amides is 1. The molecular weight excluding hydrogens is 245 g/mol. The van der Waals surface area contributed by atoms with Crippen LogP contribution in [-0.2, 0) is 6.54 Å². The van der Waals surface area contributed by atoms with Crippen LogP contribution in [0, 0.1) is 5.82 Å². The van der Waals surface area contributed by atoms with E-state index in [-0.39, 0.29) is 17.1 Å². The lowest BCUT2D eigenvalue weighted by Gasteiger charge is -2.06. The van der Waals surface area contributed by atoms with E-state index in [1.165, 1.54) is 18.2 Å². The van der Waals surface area contributed by atoms with E-state index in [9.17, 15) is 9.18 Å². The summed E-state index contributed by atoms with van der Waals surface area (Å²) in [6, 6.07) is 4.11. The molecule has 0 aliphatic carbocycles. The maximum absolute atomic E-state index is 13.4. The van der Waals surface area contributed by atoms with Crippen LogP contribution < -0.4 is 5.32 Å². The lowest BCUT2D eigenvalue weighted by atomic mass is 10.2. The zero-order valence-corrected chi connectivity index (χ0v) is 9.46. The van der Waals surface area contributed by atoms with Crippen molar-refractivity contribution in [3.8, 4) is 0 Å². The normalized spacial score (nSPS) is 10.2. The van der Waals surface area contributed by atoms with Crippen LogP contribution in [-0.4, -0.2) is 16.1 Å². The molecule has 6 heteroatoms. The molecule has 0 radical (unpaired) electrons. The van der Waals surface area contributed by atoms with Gasteiger partial charge < -0.3 is 5.32 Å². The largest absolute Gasteiger partial charge is 0.348 e. The van der Waals surface area contributed by atoms with Crippen molar-refractivity contribution in [2.45, 2.75) is 6.54 Å². The number of aromatic amines is 1. The number of nitrogens with one attached hydrogen (secondary N) is 2.